The maximum atomic E-state index is 4.60. The summed E-state index contributed by atoms with van der Waals surface area (Å²) in [4.78, 5) is 15.2. The third kappa shape index (κ3) is 4.25. The minimum atomic E-state index is 0.754. The molecule has 2 heterocycles. The lowest BCUT2D eigenvalue weighted by molar-refractivity contribution is 0.660. The number of thiazole rings is 1. The SMILES string of the molecule is CCCNCc1cncc(N(C)Cc2cscn2)n1. The van der Waals surface area contributed by atoms with Crippen LogP contribution < -0.4 is 10.2 Å². The maximum Gasteiger partial charge on any atom is 0.147 e. The van der Waals surface area contributed by atoms with E-state index in [2.05, 4.69) is 37.5 Å². The predicted octanol–water partition coefficient (Wildman–Crippen LogP) is 2.07. The zero-order chi connectivity index (χ0) is 13.5. The summed E-state index contributed by atoms with van der Waals surface area (Å²) in [6.45, 7) is 4.67. The van der Waals surface area contributed by atoms with Crippen molar-refractivity contribution in [2.45, 2.75) is 26.4 Å². The van der Waals surface area contributed by atoms with Gasteiger partial charge in [-0.15, -0.1) is 11.3 Å². The van der Waals surface area contributed by atoms with E-state index in [1.165, 1.54) is 0 Å². The maximum absolute atomic E-state index is 4.60. The molecule has 0 atom stereocenters. The van der Waals surface area contributed by atoms with Gasteiger partial charge in [-0.05, 0) is 13.0 Å². The molecule has 0 aliphatic rings. The number of hydrogen-bond donors (Lipinski definition) is 1. The normalized spacial score (nSPS) is 10.6. The number of nitrogens with zero attached hydrogens (tertiary/aromatic N) is 4. The van der Waals surface area contributed by atoms with Crippen LogP contribution in [0.1, 0.15) is 24.7 Å². The van der Waals surface area contributed by atoms with Gasteiger partial charge in [0.2, 0.25) is 0 Å². The molecule has 0 radical (unpaired) electrons. The molecule has 0 aliphatic heterocycles. The monoisotopic (exact) mass is 277 g/mol. The van der Waals surface area contributed by atoms with Crippen LogP contribution in [0.25, 0.3) is 0 Å². The zero-order valence-electron chi connectivity index (χ0n) is 11.3. The molecule has 19 heavy (non-hydrogen) atoms. The predicted molar refractivity (Wildman–Crippen MR) is 78.3 cm³/mol. The van der Waals surface area contributed by atoms with Crippen molar-refractivity contribution in [3.8, 4) is 0 Å². The van der Waals surface area contributed by atoms with Crippen molar-refractivity contribution in [1.82, 2.24) is 20.3 Å². The summed E-state index contributed by atoms with van der Waals surface area (Å²) >= 11 is 1.61. The molecule has 0 amide bonds. The van der Waals surface area contributed by atoms with E-state index in [0.717, 1.165) is 43.3 Å². The molecule has 0 bridgehead atoms. The van der Waals surface area contributed by atoms with Crippen molar-refractivity contribution in [3.05, 3.63) is 34.7 Å². The van der Waals surface area contributed by atoms with Gasteiger partial charge in [-0.2, -0.15) is 0 Å². The number of rotatable bonds is 7. The highest BCUT2D eigenvalue weighted by Gasteiger charge is 2.06. The number of hydrogen-bond acceptors (Lipinski definition) is 6. The summed E-state index contributed by atoms with van der Waals surface area (Å²) in [6.07, 6.45) is 4.72. The first kappa shape index (κ1) is 13.9. The molecule has 0 fully saturated rings. The Labute approximate surface area is 117 Å². The first-order valence-electron chi connectivity index (χ1n) is 6.39. The van der Waals surface area contributed by atoms with Crippen LogP contribution in [0.5, 0.6) is 0 Å². The Morgan fingerprint density at radius 3 is 2.95 bits per heavy atom. The van der Waals surface area contributed by atoms with E-state index in [0.29, 0.717) is 0 Å². The average molecular weight is 277 g/mol. The molecule has 102 valence electrons. The van der Waals surface area contributed by atoms with Gasteiger partial charge in [0.05, 0.1) is 29.6 Å². The minimum Gasteiger partial charge on any atom is -0.352 e. The van der Waals surface area contributed by atoms with Crippen molar-refractivity contribution in [2.75, 3.05) is 18.5 Å². The summed E-state index contributed by atoms with van der Waals surface area (Å²) in [6, 6.07) is 0. The first-order valence-corrected chi connectivity index (χ1v) is 7.33. The molecule has 0 spiro atoms. The van der Waals surface area contributed by atoms with Gasteiger partial charge in [0.15, 0.2) is 0 Å². The summed E-state index contributed by atoms with van der Waals surface area (Å²) < 4.78 is 0. The third-order valence-corrected chi connectivity index (χ3v) is 3.31. The summed E-state index contributed by atoms with van der Waals surface area (Å²) in [5.74, 6) is 0.879. The molecule has 0 unspecified atom stereocenters. The minimum absolute atomic E-state index is 0.754. The Kier molecular flexibility index (Phi) is 5.23. The second-order valence-corrected chi connectivity index (χ2v) is 5.10. The topological polar surface area (TPSA) is 53.9 Å². The Balaban J connectivity index is 1.97. The molecule has 5 nitrogen and oxygen atoms in total. The standard InChI is InChI=1S/C13H19N5S/c1-3-4-14-5-11-6-15-7-13(17-11)18(2)8-12-9-19-10-16-12/h6-7,9-10,14H,3-5,8H2,1-2H3. The van der Waals surface area contributed by atoms with E-state index in [9.17, 15) is 0 Å². The highest BCUT2D eigenvalue weighted by molar-refractivity contribution is 7.07. The van der Waals surface area contributed by atoms with Crippen LogP contribution in [0.4, 0.5) is 5.82 Å². The van der Waals surface area contributed by atoms with Gasteiger partial charge in [-0.1, -0.05) is 6.92 Å². The Morgan fingerprint density at radius 2 is 2.21 bits per heavy atom. The second kappa shape index (κ2) is 7.16. The van der Waals surface area contributed by atoms with Crippen LogP contribution >= 0.6 is 11.3 Å². The fraction of sp³-hybridized carbons (Fsp3) is 0.462. The fourth-order valence-corrected chi connectivity index (χ4v) is 2.25. The lowest BCUT2D eigenvalue weighted by atomic mass is 10.4. The van der Waals surface area contributed by atoms with Crippen LogP contribution in [0.15, 0.2) is 23.3 Å². The van der Waals surface area contributed by atoms with Gasteiger partial charge in [-0.25, -0.2) is 9.97 Å². The highest BCUT2D eigenvalue weighted by atomic mass is 32.1. The van der Waals surface area contributed by atoms with Crippen LogP contribution in [0.3, 0.4) is 0 Å². The molecule has 0 saturated carbocycles. The molecule has 2 aromatic heterocycles. The van der Waals surface area contributed by atoms with Crippen molar-refractivity contribution >= 4 is 17.2 Å². The third-order valence-electron chi connectivity index (χ3n) is 2.68. The summed E-state index contributed by atoms with van der Waals surface area (Å²) in [7, 11) is 2.01. The van der Waals surface area contributed by atoms with Crippen molar-refractivity contribution in [1.29, 1.82) is 0 Å². The fourth-order valence-electron chi connectivity index (χ4n) is 1.70. The molecule has 6 heteroatoms. The van der Waals surface area contributed by atoms with Gasteiger partial charge in [0, 0.05) is 25.2 Å². The number of aromatic nitrogens is 3. The average Bonchev–Trinajstić information content (AvgIpc) is 2.92. The lowest BCUT2D eigenvalue weighted by Gasteiger charge is -2.17. The first-order chi connectivity index (χ1) is 9.29. The van der Waals surface area contributed by atoms with Crippen molar-refractivity contribution < 1.29 is 0 Å². The molecule has 0 aromatic carbocycles. The van der Waals surface area contributed by atoms with Crippen LogP contribution in [-0.2, 0) is 13.1 Å². The Hall–Kier alpha value is -1.53. The molecule has 0 aliphatic carbocycles. The van der Waals surface area contributed by atoms with Crippen LogP contribution in [-0.4, -0.2) is 28.5 Å². The second-order valence-electron chi connectivity index (χ2n) is 4.38. The van der Waals surface area contributed by atoms with Crippen LogP contribution in [0, 0.1) is 0 Å². The van der Waals surface area contributed by atoms with Crippen molar-refractivity contribution in [2.24, 2.45) is 0 Å². The van der Waals surface area contributed by atoms with E-state index in [1.807, 2.05) is 18.8 Å². The Bertz CT molecular complexity index is 486. The van der Waals surface area contributed by atoms with E-state index < -0.39 is 0 Å². The number of anilines is 1. The molecule has 2 aromatic rings. The molecule has 2 rings (SSSR count). The molecule has 1 N–H and O–H groups in total. The van der Waals surface area contributed by atoms with Crippen LogP contribution in [0.2, 0.25) is 0 Å². The van der Waals surface area contributed by atoms with E-state index in [1.54, 1.807) is 17.5 Å². The van der Waals surface area contributed by atoms with Gasteiger partial charge in [0.25, 0.3) is 0 Å². The van der Waals surface area contributed by atoms with Gasteiger partial charge in [-0.3, -0.25) is 4.98 Å². The van der Waals surface area contributed by atoms with E-state index >= 15 is 0 Å². The van der Waals surface area contributed by atoms with E-state index in [4.69, 9.17) is 0 Å². The van der Waals surface area contributed by atoms with Gasteiger partial charge < -0.3 is 10.2 Å². The number of nitrogens with one attached hydrogen (secondary N) is 1. The van der Waals surface area contributed by atoms with Gasteiger partial charge in [0.1, 0.15) is 5.82 Å². The van der Waals surface area contributed by atoms with Gasteiger partial charge >= 0.3 is 0 Å². The summed E-state index contributed by atoms with van der Waals surface area (Å²) in [5, 5.41) is 5.38. The largest absolute Gasteiger partial charge is 0.352 e. The Morgan fingerprint density at radius 1 is 1.32 bits per heavy atom. The lowest BCUT2D eigenvalue weighted by Crippen LogP contribution is -2.20. The highest BCUT2D eigenvalue weighted by Crippen LogP contribution is 2.12. The smallest absolute Gasteiger partial charge is 0.147 e. The molecule has 0 saturated heterocycles. The van der Waals surface area contributed by atoms with E-state index in [-0.39, 0.29) is 0 Å². The molecular formula is C13H19N5S. The molecular weight excluding hydrogens is 258 g/mol. The summed E-state index contributed by atoms with van der Waals surface area (Å²) in [5.41, 5.74) is 3.87. The quantitative estimate of drug-likeness (QED) is 0.785. The zero-order valence-corrected chi connectivity index (χ0v) is 12.2. The van der Waals surface area contributed by atoms with Crippen molar-refractivity contribution in [3.63, 3.8) is 0 Å².